The normalized spacial score (nSPS) is 11.0. The largest absolute Gasteiger partial charge is 0.460 e. The maximum Gasteiger partial charge on any atom is 0.333 e. The smallest absolute Gasteiger partial charge is 0.333 e. The van der Waals surface area contributed by atoms with Crippen molar-refractivity contribution in [2.75, 3.05) is 13.2 Å². The summed E-state index contributed by atoms with van der Waals surface area (Å²) in [6, 6.07) is 0. The molecule has 0 saturated carbocycles. The molecule has 0 bridgehead atoms. The molecule has 0 heterocycles. The van der Waals surface area contributed by atoms with E-state index in [2.05, 4.69) is 18.8 Å². The SMILES string of the molecule is C=C(CCCCC)C(=O)OCCNC(=O)C(C)(CC)CC. The Kier molecular flexibility index (Phi) is 9.76. The van der Waals surface area contributed by atoms with Gasteiger partial charge in [-0.05, 0) is 25.7 Å². The minimum atomic E-state index is -0.353. The molecule has 0 rings (SSSR count). The van der Waals surface area contributed by atoms with Gasteiger partial charge in [-0.25, -0.2) is 4.79 Å². The zero-order chi connectivity index (χ0) is 16.3. The van der Waals surface area contributed by atoms with Crippen LogP contribution in [0.3, 0.4) is 0 Å². The standard InChI is InChI=1S/C17H31NO3/c1-6-9-10-11-14(4)15(19)21-13-12-18-16(20)17(5,7-2)8-3/h4,6-13H2,1-3,5H3,(H,18,20). The second-order valence-corrected chi connectivity index (χ2v) is 5.72. The minimum absolute atomic E-state index is 0.0188. The second kappa shape index (κ2) is 10.4. The Balaban J connectivity index is 3.92. The Bertz CT molecular complexity index is 346. The van der Waals surface area contributed by atoms with Crippen LogP contribution in [0.5, 0.6) is 0 Å². The first-order valence-corrected chi connectivity index (χ1v) is 8.04. The average Bonchev–Trinajstić information content (AvgIpc) is 2.50. The van der Waals surface area contributed by atoms with Gasteiger partial charge in [0, 0.05) is 11.0 Å². The lowest BCUT2D eigenvalue weighted by molar-refractivity contribution is -0.140. The molecule has 1 N–H and O–H groups in total. The Morgan fingerprint density at radius 2 is 1.76 bits per heavy atom. The minimum Gasteiger partial charge on any atom is -0.460 e. The van der Waals surface area contributed by atoms with Crippen LogP contribution in [0.25, 0.3) is 0 Å². The Morgan fingerprint density at radius 3 is 2.29 bits per heavy atom. The van der Waals surface area contributed by atoms with Crippen LogP contribution < -0.4 is 5.32 Å². The van der Waals surface area contributed by atoms with E-state index in [-0.39, 0.29) is 23.9 Å². The Morgan fingerprint density at radius 1 is 1.14 bits per heavy atom. The van der Waals surface area contributed by atoms with E-state index in [1.807, 2.05) is 20.8 Å². The maximum atomic E-state index is 12.0. The summed E-state index contributed by atoms with van der Waals surface area (Å²) in [6.45, 7) is 12.4. The van der Waals surface area contributed by atoms with Crippen LogP contribution in [-0.2, 0) is 14.3 Å². The lowest BCUT2D eigenvalue weighted by Gasteiger charge is -2.25. The van der Waals surface area contributed by atoms with Crippen molar-refractivity contribution < 1.29 is 14.3 Å². The van der Waals surface area contributed by atoms with E-state index < -0.39 is 0 Å². The van der Waals surface area contributed by atoms with E-state index in [9.17, 15) is 9.59 Å². The summed E-state index contributed by atoms with van der Waals surface area (Å²) in [6.07, 6.45) is 5.44. The zero-order valence-electron chi connectivity index (χ0n) is 14.1. The lowest BCUT2D eigenvalue weighted by Crippen LogP contribution is -2.39. The van der Waals surface area contributed by atoms with E-state index in [4.69, 9.17) is 4.74 Å². The number of carbonyl (C=O) groups is 2. The van der Waals surface area contributed by atoms with Crippen molar-refractivity contribution in [3.63, 3.8) is 0 Å². The highest BCUT2D eigenvalue weighted by Crippen LogP contribution is 2.25. The fourth-order valence-electron chi connectivity index (χ4n) is 1.89. The second-order valence-electron chi connectivity index (χ2n) is 5.72. The predicted molar refractivity (Wildman–Crippen MR) is 85.9 cm³/mol. The molecule has 1 amide bonds. The Hall–Kier alpha value is -1.32. The molecule has 0 aromatic carbocycles. The molecule has 4 heteroatoms. The summed E-state index contributed by atoms with van der Waals surface area (Å²) in [7, 11) is 0. The van der Waals surface area contributed by atoms with E-state index in [0.717, 1.165) is 32.1 Å². The van der Waals surface area contributed by atoms with E-state index in [1.165, 1.54) is 0 Å². The zero-order valence-corrected chi connectivity index (χ0v) is 14.1. The van der Waals surface area contributed by atoms with Crippen molar-refractivity contribution in [1.82, 2.24) is 5.32 Å². The van der Waals surface area contributed by atoms with Gasteiger partial charge in [-0.15, -0.1) is 0 Å². The van der Waals surface area contributed by atoms with Crippen molar-refractivity contribution in [3.8, 4) is 0 Å². The molecule has 0 aliphatic carbocycles. The quantitative estimate of drug-likeness (QED) is 0.360. The molecular formula is C17H31NO3. The molecule has 122 valence electrons. The van der Waals surface area contributed by atoms with Gasteiger partial charge in [0.05, 0.1) is 6.54 Å². The number of ether oxygens (including phenoxy) is 1. The number of amides is 1. The molecule has 0 radical (unpaired) electrons. The molecule has 0 saturated heterocycles. The summed E-state index contributed by atoms with van der Waals surface area (Å²) < 4.78 is 5.11. The Labute approximate surface area is 129 Å². The van der Waals surface area contributed by atoms with Crippen LogP contribution in [0.4, 0.5) is 0 Å². The van der Waals surface area contributed by atoms with Crippen molar-refractivity contribution in [3.05, 3.63) is 12.2 Å². The first kappa shape index (κ1) is 19.7. The monoisotopic (exact) mass is 297 g/mol. The highest BCUT2D eigenvalue weighted by molar-refractivity contribution is 5.87. The molecule has 21 heavy (non-hydrogen) atoms. The van der Waals surface area contributed by atoms with Crippen LogP contribution in [0.15, 0.2) is 12.2 Å². The molecule has 0 aromatic rings. The molecular weight excluding hydrogens is 266 g/mol. The van der Waals surface area contributed by atoms with E-state index >= 15 is 0 Å². The van der Waals surface area contributed by atoms with Gasteiger partial charge in [0.1, 0.15) is 6.61 Å². The number of nitrogens with one attached hydrogen (secondary N) is 1. The number of hydrogen-bond donors (Lipinski definition) is 1. The summed E-state index contributed by atoms with van der Waals surface area (Å²) in [4.78, 5) is 23.7. The molecule has 0 fully saturated rings. The van der Waals surface area contributed by atoms with Crippen molar-refractivity contribution in [2.45, 2.75) is 66.2 Å². The van der Waals surface area contributed by atoms with Crippen molar-refractivity contribution >= 4 is 11.9 Å². The van der Waals surface area contributed by atoms with Gasteiger partial charge in [-0.3, -0.25) is 4.79 Å². The first-order chi connectivity index (χ1) is 9.91. The first-order valence-electron chi connectivity index (χ1n) is 8.04. The maximum absolute atomic E-state index is 12.0. The van der Waals surface area contributed by atoms with Gasteiger partial charge in [0.15, 0.2) is 0 Å². The molecule has 0 spiro atoms. The average molecular weight is 297 g/mol. The summed E-state index contributed by atoms with van der Waals surface area (Å²) in [5.41, 5.74) is 0.176. The molecule has 0 atom stereocenters. The fourth-order valence-corrected chi connectivity index (χ4v) is 1.89. The number of rotatable bonds is 11. The van der Waals surface area contributed by atoms with Gasteiger partial charge in [-0.2, -0.15) is 0 Å². The third kappa shape index (κ3) is 7.30. The molecule has 0 aliphatic heterocycles. The van der Waals surface area contributed by atoms with Crippen molar-refractivity contribution in [1.29, 1.82) is 0 Å². The highest BCUT2D eigenvalue weighted by atomic mass is 16.5. The van der Waals surface area contributed by atoms with Crippen LogP contribution in [-0.4, -0.2) is 25.0 Å². The predicted octanol–water partition coefficient (Wildman–Crippen LogP) is 3.61. The van der Waals surface area contributed by atoms with Crippen LogP contribution in [0, 0.1) is 5.41 Å². The van der Waals surface area contributed by atoms with Crippen LogP contribution >= 0.6 is 0 Å². The number of unbranched alkanes of at least 4 members (excludes halogenated alkanes) is 2. The summed E-state index contributed by atoms with van der Waals surface area (Å²) >= 11 is 0. The van der Waals surface area contributed by atoms with Gasteiger partial charge < -0.3 is 10.1 Å². The van der Waals surface area contributed by atoms with Crippen molar-refractivity contribution in [2.24, 2.45) is 5.41 Å². The van der Waals surface area contributed by atoms with Gasteiger partial charge in [-0.1, -0.05) is 47.1 Å². The van der Waals surface area contributed by atoms with Gasteiger partial charge in [0.25, 0.3) is 0 Å². The third-order valence-electron chi connectivity index (χ3n) is 4.10. The fraction of sp³-hybridized carbons (Fsp3) is 0.765. The van der Waals surface area contributed by atoms with E-state index in [1.54, 1.807) is 0 Å². The number of carbonyl (C=O) groups excluding carboxylic acids is 2. The van der Waals surface area contributed by atoms with E-state index in [0.29, 0.717) is 18.5 Å². The third-order valence-corrected chi connectivity index (χ3v) is 4.10. The van der Waals surface area contributed by atoms with Crippen LogP contribution in [0.2, 0.25) is 0 Å². The lowest BCUT2D eigenvalue weighted by atomic mass is 9.84. The molecule has 0 aromatic heterocycles. The molecule has 0 unspecified atom stereocenters. The highest BCUT2D eigenvalue weighted by Gasteiger charge is 2.28. The van der Waals surface area contributed by atoms with Crippen LogP contribution in [0.1, 0.15) is 66.2 Å². The van der Waals surface area contributed by atoms with Gasteiger partial charge >= 0.3 is 5.97 Å². The summed E-state index contributed by atoms with van der Waals surface area (Å²) in [5.74, 6) is -0.334. The number of hydrogen-bond acceptors (Lipinski definition) is 3. The number of esters is 1. The topological polar surface area (TPSA) is 55.4 Å². The van der Waals surface area contributed by atoms with Gasteiger partial charge in [0.2, 0.25) is 5.91 Å². The molecule has 4 nitrogen and oxygen atoms in total. The molecule has 0 aliphatic rings. The summed E-state index contributed by atoms with van der Waals surface area (Å²) in [5, 5.41) is 2.83.